The zero-order chi connectivity index (χ0) is 28.8. The highest BCUT2D eigenvalue weighted by atomic mass is 19.1. The minimum Gasteiger partial charge on any atom is -0.485 e. The summed E-state index contributed by atoms with van der Waals surface area (Å²) in [5, 5.41) is 15.3. The highest BCUT2D eigenvalue weighted by Crippen LogP contribution is 2.35. The Bertz CT molecular complexity index is 1360. The zero-order valence-corrected chi connectivity index (χ0v) is 22.4. The Balaban J connectivity index is 1.64. The van der Waals surface area contributed by atoms with Crippen LogP contribution in [0.1, 0.15) is 34.7 Å². The van der Waals surface area contributed by atoms with Crippen molar-refractivity contribution >= 4 is 29.2 Å². The lowest BCUT2D eigenvalue weighted by atomic mass is 9.99. The number of likely N-dealkylation sites (N-methyl/N-ethyl adjacent to an activating group) is 1. The molecule has 12 heteroatoms. The van der Waals surface area contributed by atoms with Gasteiger partial charge >= 0.3 is 6.03 Å². The molecule has 11 nitrogen and oxygen atoms in total. The van der Waals surface area contributed by atoms with Crippen molar-refractivity contribution in [2.24, 2.45) is 5.92 Å². The molecular weight excluding hydrogens is 519 g/mol. The van der Waals surface area contributed by atoms with Crippen LogP contribution in [0.3, 0.4) is 0 Å². The maximum Gasteiger partial charge on any atom is 0.321 e. The van der Waals surface area contributed by atoms with Crippen LogP contribution in [0.5, 0.6) is 5.75 Å². The summed E-state index contributed by atoms with van der Waals surface area (Å²) < 4.78 is 19.7. The van der Waals surface area contributed by atoms with Crippen molar-refractivity contribution in [1.29, 1.82) is 0 Å². The number of benzene rings is 2. The fourth-order valence-electron chi connectivity index (χ4n) is 4.27. The molecule has 3 N–H and O–H groups in total. The number of aliphatic hydroxyl groups is 1. The number of nitrogens with one attached hydrogen (secondary N) is 2. The Labute approximate surface area is 231 Å². The van der Waals surface area contributed by atoms with Crippen molar-refractivity contribution in [2.45, 2.75) is 26.0 Å². The van der Waals surface area contributed by atoms with Crippen molar-refractivity contribution in [2.75, 3.05) is 37.4 Å². The van der Waals surface area contributed by atoms with Crippen LogP contribution in [0.2, 0.25) is 0 Å². The van der Waals surface area contributed by atoms with Gasteiger partial charge < -0.3 is 30.3 Å². The number of carbonyl (C=O) groups is 3. The van der Waals surface area contributed by atoms with Crippen LogP contribution >= 0.6 is 0 Å². The topological polar surface area (TPSA) is 137 Å². The molecule has 0 aliphatic carbocycles. The third kappa shape index (κ3) is 6.52. The number of halogens is 1. The van der Waals surface area contributed by atoms with E-state index in [1.165, 1.54) is 47.8 Å². The van der Waals surface area contributed by atoms with Gasteiger partial charge in [-0.05, 0) is 43.3 Å². The molecule has 3 aromatic rings. The molecule has 2 aromatic carbocycles. The summed E-state index contributed by atoms with van der Waals surface area (Å²) in [6, 6.07) is 9.30. The lowest BCUT2D eigenvalue weighted by molar-refractivity contribution is 0.0372. The summed E-state index contributed by atoms with van der Waals surface area (Å²) in [6.45, 7) is 3.75. The van der Waals surface area contributed by atoms with Gasteiger partial charge in [0.15, 0.2) is 5.75 Å². The van der Waals surface area contributed by atoms with Gasteiger partial charge in [-0.15, -0.1) is 0 Å². The summed E-state index contributed by atoms with van der Waals surface area (Å²) in [5.41, 5.74) is 0.955. The van der Waals surface area contributed by atoms with E-state index in [-0.39, 0.29) is 54.2 Å². The second kappa shape index (κ2) is 12.5. The summed E-state index contributed by atoms with van der Waals surface area (Å²) in [5.74, 6) is -1.46. The first kappa shape index (κ1) is 28.4. The third-order valence-electron chi connectivity index (χ3n) is 6.63. The van der Waals surface area contributed by atoms with Crippen LogP contribution < -0.4 is 15.4 Å². The molecule has 4 amide bonds. The quantitative estimate of drug-likeness (QED) is 0.411. The molecule has 1 aromatic heterocycles. The van der Waals surface area contributed by atoms with Crippen LogP contribution in [0.25, 0.3) is 0 Å². The number of carbonyl (C=O) groups excluding carboxylic acids is 3. The molecule has 0 radical (unpaired) electrons. The molecule has 0 fully saturated rings. The first-order valence-electron chi connectivity index (χ1n) is 12.7. The first-order valence-corrected chi connectivity index (χ1v) is 12.7. The van der Waals surface area contributed by atoms with Gasteiger partial charge in [-0.25, -0.2) is 14.2 Å². The predicted molar refractivity (Wildman–Crippen MR) is 146 cm³/mol. The molecule has 3 atom stereocenters. The van der Waals surface area contributed by atoms with Gasteiger partial charge in [-0.2, -0.15) is 0 Å². The summed E-state index contributed by atoms with van der Waals surface area (Å²) in [4.78, 5) is 50.3. The van der Waals surface area contributed by atoms with E-state index in [2.05, 4.69) is 20.6 Å². The number of aromatic nitrogens is 2. The summed E-state index contributed by atoms with van der Waals surface area (Å²) in [6.07, 6.45) is 3.54. The smallest absolute Gasteiger partial charge is 0.321 e. The highest BCUT2D eigenvalue weighted by Gasteiger charge is 2.35. The van der Waals surface area contributed by atoms with Crippen molar-refractivity contribution in [3.63, 3.8) is 0 Å². The number of hydrogen-bond acceptors (Lipinski definition) is 7. The number of para-hydroxylation sites is 1. The van der Waals surface area contributed by atoms with Crippen LogP contribution in [0.15, 0.2) is 61.1 Å². The predicted octanol–water partition coefficient (Wildman–Crippen LogP) is 3.25. The van der Waals surface area contributed by atoms with E-state index in [0.717, 1.165) is 0 Å². The molecule has 0 saturated heterocycles. The average molecular weight is 551 g/mol. The van der Waals surface area contributed by atoms with Crippen molar-refractivity contribution in [3.8, 4) is 5.75 Å². The summed E-state index contributed by atoms with van der Waals surface area (Å²) in [7, 11) is 1.59. The molecule has 1 aliphatic rings. The Morgan fingerprint density at radius 2 is 1.95 bits per heavy atom. The number of aliphatic hydroxyl groups excluding tert-OH is 1. The summed E-state index contributed by atoms with van der Waals surface area (Å²) >= 11 is 0. The Morgan fingerprint density at radius 1 is 1.20 bits per heavy atom. The molecule has 0 saturated carbocycles. The van der Waals surface area contributed by atoms with Crippen LogP contribution in [-0.2, 0) is 0 Å². The number of anilines is 2. The normalized spacial score (nSPS) is 17.5. The van der Waals surface area contributed by atoms with E-state index in [1.54, 1.807) is 37.1 Å². The largest absolute Gasteiger partial charge is 0.485 e. The molecule has 0 bridgehead atoms. The van der Waals surface area contributed by atoms with E-state index in [4.69, 9.17) is 4.74 Å². The monoisotopic (exact) mass is 550 g/mol. The fraction of sp³-hybridized carbons (Fsp3) is 0.321. The Hall–Kier alpha value is -4.58. The zero-order valence-electron chi connectivity index (χ0n) is 22.4. The molecular formula is C28H31FN6O5. The van der Waals surface area contributed by atoms with Gasteiger partial charge in [-0.1, -0.05) is 13.0 Å². The lowest BCUT2D eigenvalue weighted by Gasteiger charge is -2.38. The number of ether oxygens (including phenoxy) is 1. The van der Waals surface area contributed by atoms with Crippen LogP contribution in [0.4, 0.5) is 20.6 Å². The van der Waals surface area contributed by atoms with Gasteiger partial charge in [0, 0.05) is 37.6 Å². The van der Waals surface area contributed by atoms with Crippen molar-refractivity contribution in [3.05, 3.63) is 78.1 Å². The maximum atomic E-state index is 13.6. The Morgan fingerprint density at radius 3 is 2.62 bits per heavy atom. The standard InChI is InChI=1S/C28H31FN6O5/c1-17-14-35(18(2)16-36)27(38)21-5-4-6-22(33-26(37)23-13-30-11-12-31-23)25(21)40-24(17)15-34(3)28(39)32-20-9-7-19(29)8-10-20/h4-13,17-18,24,36H,14-16H2,1-3H3,(H,32,39)(H,33,37)/t17-,18-,24-/m0/s1. The molecule has 40 heavy (non-hydrogen) atoms. The van der Waals surface area contributed by atoms with Gasteiger partial charge in [0.25, 0.3) is 11.8 Å². The molecule has 0 spiro atoms. The van der Waals surface area contributed by atoms with Crippen molar-refractivity contribution in [1.82, 2.24) is 19.8 Å². The number of nitrogens with zero attached hydrogens (tertiary/aromatic N) is 4. The second-order valence-corrected chi connectivity index (χ2v) is 9.67. The minimum absolute atomic E-state index is 0.0786. The van der Waals surface area contributed by atoms with E-state index in [1.807, 2.05) is 6.92 Å². The van der Waals surface area contributed by atoms with E-state index in [0.29, 0.717) is 5.69 Å². The van der Waals surface area contributed by atoms with Gasteiger partial charge in [0.1, 0.15) is 17.6 Å². The Kier molecular flexibility index (Phi) is 8.90. The van der Waals surface area contributed by atoms with Crippen molar-refractivity contribution < 1.29 is 28.6 Å². The third-order valence-corrected chi connectivity index (χ3v) is 6.63. The number of amides is 4. The van der Waals surface area contributed by atoms with Gasteiger partial charge in [-0.3, -0.25) is 14.6 Å². The maximum absolute atomic E-state index is 13.6. The van der Waals surface area contributed by atoms with Gasteiger partial charge in [0.2, 0.25) is 0 Å². The van der Waals surface area contributed by atoms with Crippen LogP contribution in [0, 0.1) is 11.7 Å². The first-order chi connectivity index (χ1) is 19.2. The molecule has 2 heterocycles. The average Bonchev–Trinajstić information content (AvgIpc) is 2.96. The number of urea groups is 1. The highest BCUT2D eigenvalue weighted by molar-refractivity contribution is 6.06. The number of hydrogen-bond donors (Lipinski definition) is 3. The van der Waals surface area contributed by atoms with E-state index < -0.39 is 29.9 Å². The molecule has 210 valence electrons. The lowest BCUT2D eigenvalue weighted by Crippen LogP contribution is -2.50. The van der Waals surface area contributed by atoms with E-state index >= 15 is 0 Å². The molecule has 4 rings (SSSR count). The van der Waals surface area contributed by atoms with Crippen LogP contribution in [-0.4, -0.2) is 81.6 Å². The molecule has 1 aliphatic heterocycles. The fourth-order valence-corrected chi connectivity index (χ4v) is 4.27. The molecule has 0 unspecified atom stereocenters. The minimum atomic E-state index is -0.612. The van der Waals surface area contributed by atoms with Gasteiger partial charge in [0.05, 0.1) is 36.6 Å². The number of fused-ring (bicyclic) bond motifs is 1. The number of rotatable bonds is 7. The van der Waals surface area contributed by atoms with E-state index in [9.17, 15) is 23.9 Å². The second-order valence-electron chi connectivity index (χ2n) is 9.67. The SMILES string of the molecule is C[C@H]1CN([C@@H](C)CO)C(=O)c2cccc(NC(=O)c3cnccn3)c2O[C@H]1CN(C)C(=O)Nc1ccc(F)cc1.